The highest BCUT2D eigenvalue weighted by molar-refractivity contribution is 5.87. The van der Waals surface area contributed by atoms with Crippen molar-refractivity contribution in [2.75, 3.05) is 0 Å². The molecule has 0 spiro atoms. The van der Waals surface area contributed by atoms with Crippen molar-refractivity contribution in [1.82, 2.24) is 5.32 Å². The number of esters is 1. The van der Waals surface area contributed by atoms with Gasteiger partial charge in [-0.25, -0.2) is 4.79 Å². The van der Waals surface area contributed by atoms with Crippen LogP contribution in [-0.2, 0) is 14.3 Å². The van der Waals surface area contributed by atoms with Crippen molar-refractivity contribution in [3.63, 3.8) is 0 Å². The van der Waals surface area contributed by atoms with Gasteiger partial charge >= 0.3 is 5.97 Å². The van der Waals surface area contributed by atoms with Gasteiger partial charge in [-0.15, -0.1) is 0 Å². The molecule has 0 aliphatic heterocycles. The van der Waals surface area contributed by atoms with Crippen LogP contribution in [0.4, 0.5) is 0 Å². The third-order valence-electron chi connectivity index (χ3n) is 1.04. The molecule has 0 bridgehead atoms. The van der Waals surface area contributed by atoms with Crippen molar-refractivity contribution in [2.24, 2.45) is 0 Å². The lowest BCUT2D eigenvalue weighted by Gasteiger charge is -2.13. The number of carbonyl (C=O) groups is 2. The first kappa shape index (κ1) is 10.7. The van der Waals surface area contributed by atoms with Crippen LogP contribution in [0.1, 0.15) is 20.8 Å². The van der Waals surface area contributed by atoms with Crippen molar-refractivity contribution in [3.05, 3.63) is 12.2 Å². The van der Waals surface area contributed by atoms with Crippen LogP contribution in [0.5, 0.6) is 0 Å². The van der Waals surface area contributed by atoms with Crippen LogP contribution in [0.2, 0.25) is 0 Å². The summed E-state index contributed by atoms with van der Waals surface area (Å²) in [5.41, 5.74) is 0.312. The van der Waals surface area contributed by atoms with E-state index in [2.05, 4.69) is 11.9 Å². The van der Waals surface area contributed by atoms with Gasteiger partial charge in [0.1, 0.15) is 0 Å². The second kappa shape index (κ2) is 4.54. The normalized spacial score (nSPS) is 11.6. The molecule has 0 aromatic heterocycles. The summed E-state index contributed by atoms with van der Waals surface area (Å²) in [6, 6.07) is 0. The quantitative estimate of drug-likeness (QED) is 0.384. The van der Waals surface area contributed by atoms with Crippen LogP contribution >= 0.6 is 0 Å². The van der Waals surface area contributed by atoms with Crippen LogP contribution in [-0.4, -0.2) is 18.1 Å². The van der Waals surface area contributed by atoms with E-state index < -0.39 is 12.2 Å². The van der Waals surface area contributed by atoms with Gasteiger partial charge in [0.15, 0.2) is 6.23 Å². The first-order valence-electron chi connectivity index (χ1n) is 3.57. The van der Waals surface area contributed by atoms with Gasteiger partial charge in [-0.3, -0.25) is 4.79 Å². The number of amides is 1. The Morgan fingerprint density at radius 1 is 1.42 bits per heavy atom. The summed E-state index contributed by atoms with van der Waals surface area (Å²) in [6.07, 6.45) is -0.605. The third kappa shape index (κ3) is 4.49. The topological polar surface area (TPSA) is 55.4 Å². The maximum atomic E-state index is 10.9. The lowest BCUT2D eigenvalue weighted by atomic mass is 10.4. The van der Waals surface area contributed by atoms with Crippen LogP contribution in [0.3, 0.4) is 0 Å². The zero-order valence-corrected chi connectivity index (χ0v) is 7.51. The van der Waals surface area contributed by atoms with E-state index in [0.29, 0.717) is 5.57 Å². The summed E-state index contributed by atoms with van der Waals surface area (Å²) >= 11 is 0. The fourth-order valence-corrected chi connectivity index (χ4v) is 0.577. The third-order valence-corrected chi connectivity index (χ3v) is 1.04. The minimum atomic E-state index is -0.605. The van der Waals surface area contributed by atoms with Gasteiger partial charge in [-0.05, 0) is 13.8 Å². The monoisotopic (exact) mass is 171 g/mol. The maximum absolute atomic E-state index is 10.9. The second-order valence-electron chi connectivity index (χ2n) is 2.53. The van der Waals surface area contributed by atoms with Crippen molar-refractivity contribution in [2.45, 2.75) is 27.0 Å². The molecule has 4 heteroatoms. The Bertz CT molecular complexity index is 210. The van der Waals surface area contributed by atoms with E-state index in [9.17, 15) is 9.59 Å². The maximum Gasteiger partial charge on any atom is 0.335 e. The molecule has 0 aromatic rings. The second-order valence-corrected chi connectivity index (χ2v) is 2.53. The molecular weight excluding hydrogens is 158 g/mol. The molecule has 0 radical (unpaired) electrons. The highest BCUT2D eigenvalue weighted by atomic mass is 16.6. The largest absolute Gasteiger partial charge is 0.439 e. The summed E-state index contributed by atoms with van der Waals surface area (Å²) in [7, 11) is 0. The SMILES string of the molecule is C=C(C)C(=O)OC(C)NC(C)=O. The van der Waals surface area contributed by atoms with Gasteiger partial charge < -0.3 is 10.1 Å². The molecule has 0 aromatic carbocycles. The molecule has 4 nitrogen and oxygen atoms in total. The molecule has 0 rings (SSSR count). The van der Waals surface area contributed by atoms with E-state index in [1.54, 1.807) is 13.8 Å². The van der Waals surface area contributed by atoms with Crippen molar-refractivity contribution >= 4 is 11.9 Å². The van der Waals surface area contributed by atoms with Gasteiger partial charge in [0.2, 0.25) is 5.91 Å². The number of hydrogen-bond acceptors (Lipinski definition) is 3. The Balaban J connectivity index is 3.84. The summed E-state index contributed by atoms with van der Waals surface area (Å²) in [6.45, 7) is 7.87. The highest BCUT2D eigenvalue weighted by Gasteiger charge is 2.09. The Morgan fingerprint density at radius 3 is 2.25 bits per heavy atom. The van der Waals surface area contributed by atoms with Crippen LogP contribution in [0, 0.1) is 0 Å². The standard InChI is InChI=1S/C8H13NO3/c1-5(2)8(11)12-7(4)9-6(3)10/h7H,1H2,2-4H3,(H,9,10). The van der Waals surface area contributed by atoms with Crippen molar-refractivity contribution in [1.29, 1.82) is 0 Å². The molecule has 0 saturated heterocycles. The van der Waals surface area contributed by atoms with Crippen LogP contribution in [0.15, 0.2) is 12.2 Å². The smallest absolute Gasteiger partial charge is 0.335 e. The van der Waals surface area contributed by atoms with E-state index in [0.717, 1.165) is 0 Å². The number of ether oxygens (including phenoxy) is 1. The van der Waals surface area contributed by atoms with Gasteiger partial charge in [0, 0.05) is 12.5 Å². The van der Waals surface area contributed by atoms with Crippen LogP contribution < -0.4 is 5.32 Å². The van der Waals surface area contributed by atoms with E-state index in [1.807, 2.05) is 0 Å². The molecule has 12 heavy (non-hydrogen) atoms. The highest BCUT2D eigenvalue weighted by Crippen LogP contribution is 1.95. The predicted octanol–water partition coefficient (Wildman–Crippen LogP) is 0.588. The minimum Gasteiger partial charge on any atom is -0.439 e. The molecule has 0 heterocycles. The molecular formula is C8H13NO3. The fraction of sp³-hybridized carbons (Fsp3) is 0.500. The van der Waals surface area contributed by atoms with E-state index in [-0.39, 0.29) is 5.91 Å². The summed E-state index contributed by atoms with van der Waals surface area (Å²) < 4.78 is 4.75. The molecule has 1 N–H and O–H groups in total. The Hall–Kier alpha value is -1.32. The summed E-state index contributed by atoms with van der Waals surface area (Å²) in [5, 5.41) is 2.41. The zero-order valence-electron chi connectivity index (χ0n) is 7.51. The molecule has 1 atom stereocenters. The number of rotatable bonds is 3. The first-order chi connectivity index (χ1) is 5.43. The lowest BCUT2D eigenvalue weighted by Crippen LogP contribution is -2.34. The predicted molar refractivity (Wildman–Crippen MR) is 44.2 cm³/mol. The van der Waals surface area contributed by atoms with Crippen molar-refractivity contribution in [3.8, 4) is 0 Å². The molecule has 0 aliphatic carbocycles. The minimum absolute atomic E-state index is 0.239. The van der Waals surface area contributed by atoms with E-state index in [4.69, 9.17) is 4.74 Å². The first-order valence-corrected chi connectivity index (χ1v) is 3.57. The Labute approximate surface area is 71.6 Å². The van der Waals surface area contributed by atoms with Gasteiger partial charge in [-0.1, -0.05) is 6.58 Å². The molecule has 1 unspecified atom stereocenters. The van der Waals surface area contributed by atoms with E-state index in [1.165, 1.54) is 6.92 Å². The lowest BCUT2D eigenvalue weighted by molar-refractivity contribution is -0.146. The average Bonchev–Trinajstić information content (AvgIpc) is 1.84. The van der Waals surface area contributed by atoms with E-state index >= 15 is 0 Å². The van der Waals surface area contributed by atoms with Gasteiger partial charge in [0.25, 0.3) is 0 Å². The van der Waals surface area contributed by atoms with Gasteiger partial charge in [-0.2, -0.15) is 0 Å². The number of carbonyl (C=O) groups excluding carboxylic acids is 2. The number of nitrogens with one attached hydrogen (secondary N) is 1. The molecule has 68 valence electrons. The van der Waals surface area contributed by atoms with Crippen molar-refractivity contribution < 1.29 is 14.3 Å². The Kier molecular flexibility index (Phi) is 4.04. The summed E-state index contributed by atoms with van der Waals surface area (Å²) in [4.78, 5) is 21.3. The zero-order chi connectivity index (χ0) is 9.72. The molecule has 1 amide bonds. The average molecular weight is 171 g/mol. The number of hydrogen-bond donors (Lipinski definition) is 1. The Morgan fingerprint density at radius 2 is 1.92 bits per heavy atom. The fourth-order valence-electron chi connectivity index (χ4n) is 0.577. The molecule has 0 aliphatic rings. The molecule has 0 fully saturated rings. The van der Waals surface area contributed by atoms with Gasteiger partial charge in [0.05, 0.1) is 0 Å². The summed E-state index contributed by atoms with van der Waals surface area (Å²) in [5.74, 6) is -0.742. The van der Waals surface area contributed by atoms with Crippen LogP contribution in [0.25, 0.3) is 0 Å². The molecule has 0 saturated carbocycles.